The molecule has 1 aromatic heterocycles. The monoisotopic (exact) mass is 318 g/mol. The number of nitrogens with zero attached hydrogens (tertiary/aromatic N) is 1. The first-order valence-electron chi connectivity index (χ1n) is 6.62. The molecular weight excluding hydrogens is 304 g/mol. The molecule has 2 rings (SSSR count). The molecule has 1 N–H and O–H groups in total. The number of para-hydroxylation sites is 2. The van der Waals surface area contributed by atoms with Crippen LogP contribution in [0.1, 0.15) is 12.8 Å². The third-order valence-corrected chi connectivity index (χ3v) is 2.75. The van der Waals surface area contributed by atoms with E-state index < -0.39 is 24.1 Å². The molecule has 2 amide bonds. The van der Waals surface area contributed by atoms with Crippen LogP contribution in [0.3, 0.4) is 0 Å². The van der Waals surface area contributed by atoms with Gasteiger partial charge >= 0.3 is 12.1 Å². The topological polar surface area (TPSA) is 108 Å². The number of benzene rings is 1. The van der Waals surface area contributed by atoms with Crippen molar-refractivity contribution >= 4 is 35.1 Å². The first-order chi connectivity index (χ1) is 11.0. The van der Waals surface area contributed by atoms with Gasteiger partial charge < -0.3 is 13.9 Å². The normalized spacial score (nSPS) is 12.1. The van der Waals surface area contributed by atoms with Crippen LogP contribution in [0.5, 0.6) is 0 Å². The summed E-state index contributed by atoms with van der Waals surface area (Å²) in [6.07, 6.45) is 0.315. The third kappa shape index (κ3) is 4.40. The molecule has 0 aliphatic heterocycles. The predicted octanol–water partition coefficient (Wildman–Crippen LogP) is 1.66. The van der Waals surface area contributed by atoms with Gasteiger partial charge in [-0.25, -0.2) is 14.6 Å². The Morgan fingerprint density at radius 1 is 1.30 bits per heavy atom. The van der Waals surface area contributed by atoms with Gasteiger partial charge in [0.2, 0.25) is 5.89 Å². The number of carbonyl (C=O) groups is 3. The van der Waals surface area contributed by atoms with Crippen LogP contribution < -0.4 is 5.32 Å². The highest BCUT2D eigenvalue weighted by Crippen LogP contribution is 2.15. The van der Waals surface area contributed by atoms with Gasteiger partial charge in [-0.2, -0.15) is 0 Å². The number of ether oxygens (including phenoxy) is 2. The maximum Gasteiger partial charge on any atom is 0.413 e. The summed E-state index contributed by atoms with van der Waals surface area (Å²) in [6.45, 7) is 1.32. The van der Waals surface area contributed by atoms with E-state index in [1.165, 1.54) is 13.0 Å². The van der Waals surface area contributed by atoms with Crippen molar-refractivity contribution in [3.05, 3.63) is 36.2 Å². The van der Waals surface area contributed by atoms with Crippen molar-refractivity contribution in [1.82, 2.24) is 10.3 Å². The zero-order valence-electron chi connectivity index (χ0n) is 12.4. The Morgan fingerprint density at radius 3 is 2.74 bits per heavy atom. The van der Waals surface area contributed by atoms with Crippen LogP contribution in [0.4, 0.5) is 4.79 Å². The predicted molar refractivity (Wildman–Crippen MR) is 79.1 cm³/mol. The van der Waals surface area contributed by atoms with Gasteiger partial charge in [0, 0.05) is 12.2 Å². The molecule has 23 heavy (non-hydrogen) atoms. The van der Waals surface area contributed by atoms with E-state index in [4.69, 9.17) is 9.15 Å². The van der Waals surface area contributed by atoms with Gasteiger partial charge in [-0.05, 0) is 19.1 Å². The molecule has 120 valence electrons. The first-order valence-corrected chi connectivity index (χ1v) is 6.62. The Bertz CT molecular complexity index is 731. The second-order valence-electron chi connectivity index (χ2n) is 4.41. The molecule has 0 saturated heterocycles. The lowest BCUT2D eigenvalue weighted by Gasteiger charge is -2.10. The summed E-state index contributed by atoms with van der Waals surface area (Å²) in [7, 11) is 1.11. The van der Waals surface area contributed by atoms with Gasteiger partial charge in [0.05, 0.1) is 7.11 Å². The zero-order chi connectivity index (χ0) is 16.8. The molecule has 1 heterocycles. The minimum absolute atomic E-state index is 0.231. The molecule has 1 atom stereocenters. The standard InChI is InChI=1S/C15H14N2O6/c1-9(14(19)17-15(20)21-2)22-13(18)8-7-12-16-10-5-3-4-6-11(10)23-12/h3-9H,1-2H3,(H,17,19,20)/b8-7+/t9-/m0/s1. The summed E-state index contributed by atoms with van der Waals surface area (Å²) in [4.78, 5) is 38.1. The van der Waals surface area contributed by atoms with Crippen molar-refractivity contribution in [2.24, 2.45) is 0 Å². The second-order valence-corrected chi connectivity index (χ2v) is 4.41. The van der Waals surface area contributed by atoms with Crippen LogP contribution in [0.25, 0.3) is 17.2 Å². The quantitative estimate of drug-likeness (QED) is 0.674. The van der Waals surface area contributed by atoms with Crippen LogP contribution >= 0.6 is 0 Å². The highest BCUT2D eigenvalue weighted by Gasteiger charge is 2.19. The van der Waals surface area contributed by atoms with Crippen LogP contribution in [0, 0.1) is 0 Å². The number of fused-ring (bicyclic) bond motifs is 1. The van der Waals surface area contributed by atoms with Crippen LogP contribution in [-0.4, -0.2) is 36.2 Å². The number of hydrogen-bond donors (Lipinski definition) is 1. The van der Waals surface area contributed by atoms with Gasteiger partial charge in [-0.3, -0.25) is 10.1 Å². The van der Waals surface area contributed by atoms with E-state index in [1.54, 1.807) is 18.2 Å². The molecule has 0 aliphatic carbocycles. The lowest BCUT2D eigenvalue weighted by Crippen LogP contribution is -2.39. The average Bonchev–Trinajstić information content (AvgIpc) is 2.95. The summed E-state index contributed by atoms with van der Waals surface area (Å²) < 4.78 is 14.5. The molecule has 0 radical (unpaired) electrons. The summed E-state index contributed by atoms with van der Waals surface area (Å²) >= 11 is 0. The molecule has 2 aromatic rings. The fourth-order valence-electron chi connectivity index (χ4n) is 1.62. The van der Waals surface area contributed by atoms with Crippen molar-refractivity contribution in [2.45, 2.75) is 13.0 Å². The van der Waals surface area contributed by atoms with E-state index in [0.717, 1.165) is 13.2 Å². The zero-order valence-corrected chi connectivity index (χ0v) is 12.4. The SMILES string of the molecule is COC(=O)NC(=O)[C@H](C)OC(=O)/C=C/c1nc2ccccc2o1. The van der Waals surface area contributed by atoms with Crippen molar-refractivity contribution in [2.75, 3.05) is 7.11 Å². The maximum atomic E-state index is 11.6. The number of esters is 1. The number of methoxy groups -OCH3 is 1. The van der Waals surface area contributed by atoms with Crippen molar-refractivity contribution in [3.63, 3.8) is 0 Å². The number of hydrogen-bond acceptors (Lipinski definition) is 7. The van der Waals surface area contributed by atoms with Crippen molar-refractivity contribution in [1.29, 1.82) is 0 Å². The number of alkyl carbamates (subject to hydrolysis) is 1. The summed E-state index contributed by atoms with van der Waals surface area (Å²) in [6, 6.07) is 7.13. The van der Waals surface area contributed by atoms with Gasteiger partial charge in [0.25, 0.3) is 5.91 Å². The lowest BCUT2D eigenvalue weighted by atomic mass is 10.3. The number of oxazole rings is 1. The smallest absolute Gasteiger partial charge is 0.413 e. The maximum absolute atomic E-state index is 11.6. The Labute approximate surface area is 131 Å². The number of nitrogens with one attached hydrogen (secondary N) is 1. The van der Waals surface area contributed by atoms with E-state index in [2.05, 4.69) is 9.72 Å². The molecule has 0 bridgehead atoms. The third-order valence-electron chi connectivity index (χ3n) is 2.75. The lowest BCUT2D eigenvalue weighted by molar-refractivity contribution is -0.149. The average molecular weight is 318 g/mol. The van der Waals surface area contributed by atoms with E-state index in [0.29, 0.717) is 11.1 Å². The van der Waals surface area contributed by atoms with Crippen LogP contribution in [0.15, 0.2) is 34.8 Å². The molecule has 0 saturated carbocycles. The summed E-state index contributed by atoms with van der Waals surface area (Å²) in [5.74, 6) is -1.34. The Hall–Kier alpha value is -3.16. The molecule has 0 aliphatic rings. The van der Waals surface area contributed by atoms with Crippen LogP contribution in [0.2, 0.25) is 0 Å². The molecular formula is C15H14N2O6. The second kappa shape index (κ2) is 7.21. The van der Waals surface area contributed by atoms with E-state index in [-0.39, 0.29) is 5.89 Å². The number of rotatable bonds is 4. The Balaban J connectivity index is 1.93. The van der Waals surface area contributed by atoms with Gasteiger partial charge in [-0.15, -0.1) is 0 Å². The minimum Gasteiger partial charge on any atom is -0.453 e. The molecule has 8 nitrogen and oxygen atoms in total. The minimum atomic E-state index is -1.16. The van der Waals surface area contributed by atoms with E-state index >= 15 is 0 Å². The summed E-state index contributed by atoms with van der Waals surface area (Å²) in [5.41, 5.74) is 1.25. The fourth-order valence-corrected chi connectivity index (χ4v) is 1.62. The van der Waals surface area contributed by atoms with E-state index in [9.17, 15) is 14.4 Å². The molecule has 0 unspecified atom stereocenters. The van der Waals surface area contributed by atoms with Gasteiger partial charge in [-0.1, -0.05) is 12.1 Å². The van der Waals surface area contributed by atoms with E-state index in [1.807, 2.05) is 11.4 Å². The Kier molecular flexibility index (Phi) is 5.08. The Morgan fingerprint density at radius 2 is 2.04 bits per heavy atom. The molecule has 8 heteroatoms. The number of aromatic nitrogens is 1. The number of amides is 2. The van der Waals surface area contributed by atoms with Crippen LogP contribution in [-0.2, 0) is 19.1 Å². The van der Waals surface area contributed by atoms with Crippen molar-refractivity contribution < 1.29 is 28.3 Å². The van der Waals surface area contributed by atoms with Gasteiger partial charge in [0.15, 0.2) is 11.7 Å². The number of imide groups is 1. The first kappa shape index (κ1) is 16.2. The summed E-state index contributed by atoms with van der Waals surface area (Å²) in [5, 5.41) is 1.89. The molecule has 0 fully saturated rings. The molecule has 1 aromatic carbocycles. The number of carbonyl (C=O) groups excluding carboxylic acids is 3. The molecule has 0 spiro atoms. The fraction of sp³-hybridized carbons (Fsp3) is 0.200. The largest absolute Gasteiger partial charge is 0.453 e. The highest BCUT2D eigenvalue weighted by atomic mass is 16.6. The highest BCUT2D eigenvalue weighted by molar-refractivity contribution is 5.96. The van der Waals surface area contributed by atoms with Gasteiger partial charge in [0.1, 0.15) is 5.52 Å². The van der Waals surface area contributed by atoms with Crippen molar-refractivity contribution in [3.8, 4) is 0 Å².